The topological polar surface area (TPSA) is 47.9 Å². The standard InChI is InChI=1S/C12H18O4/c1-5-7-12(13)8(6-2)14-10-9(12)15-11(3,4)16-10/h8-10,13H,6H2,1-4H3/t8-,9+,10-,12-/m1/s1. The summed E-state index contributed by atoms with van der Waals surface area (Å²) in [6.07, 6.45) is -0.734. The van der Waals surface area contributed by atoms with Crippen LogP contribution in [-0.4, -0.2) is 35.0 Å². The number of rotatable bonds is 1. The Kier molecular flexibility index (Phi) is 2.75. The van der Waals surface area contributed by atoms with Crippen molar-refractivity contribution in [3.63, 3.8) is 0 Å². The van der Waals surface area contributed by atoms with Crippen LogP contribution in [0.3, 0.4) is 0 Å². The lowest BCUT2D eigenvalue weighted by Crippen LogP contribution is -2.47. The average Bonchev–Trinajstić information content (AvgIpc) is 2.61. The minimum Gasteiger partial charge on any atom is -0.372 e. The van der Waals surface area contributed by atoms with Gasteiger partial charge in [0.25, 0.3) is 0 Å². The van der Waals surface area contributed by atoms with Gasteiger partial charge in [0, 0.05) is 0 Å². The highest BCUT2D eigenvalue weighted by atomic mass is 16.8. The van der Waals surface area contributed by atoms with Gasteiger partial charge in [0.1, 0.15) is 6.10 Å². The fourth-order valence-electron chi connectivity index (χ4n) is 2.34. The van der Waals surface area contributed by atoms with Gasteiger partial charge in [-0.15, -0.1) is 5.92 Å². The number of fused-ring (bicyclic) bond motifs is 1. The molecule has 0 amide bonds. The molecule has 0 aliphatic carbocycles. The van der Waals surface area contributed by atoms with Gasteiger partial charge in [0.05, 0.1) is 0 Å². The highest BCUT2D eigenvalue weighted by Gasteiger charge is 2.62. The fraction of sp³-hybridized carbons (Fsp3) is 0.833. The van der Waals surface area contributed by atoms with Crippen molar-refractivity contribution in [2.75, 3.05) is 0 Å². The molecule has 4 nitrogen and oxygen atoms in total. The van der Waals surface area contributed by atoms with E-state index < -0.39 is 23.8 Å². The van der Waals surface area contributed by atoms with Crippen LogP contribution in [0.25, 0.3) is 0 Å². The van der Waals surface area contributed by atoms with Crippen molar-refractivity contribution in [2.45, 2.75) is 64.0 Å². The summed E-state index contributed by atoms with van der Waals surface area (Å²) >= 11 is 0. The molecule has 2 aliphatic heterocycles. The molecule has 2 aliphatic rings. The van der Waals surface area contributed by atoms with Crippen LogP contribution in [-0.2, 0) is 14.2 Å². The lowest BCUT2D eigenvalue weighted by molar-refractivity contribution is -0.222. The summed E-state index contributed by atoms with van der Waals surface area (Å²) in [7, 11) is 0. The zero-order chi connectivity index (χ0) is 12.0. The van der Waals surface area contributed by atoms with Crippen molar-refractivity contribution in [1.82, 2.24) is 0 Å². The van der Waals surface area contributed by atoms with Gasteiger partial charge >= 0.3 is 0 Å². The summed E-state index contributed by atoms with van der Waals surface area (Å²) in [6.45, 7) is 7.24. The van der Waals surface area contributed by atoms with Crippen molar-refractivity contribution < 1.29 is 19.3 Å². The molecule has 2 fully saturated rings. The van der Waals surface area contributed by atoms with Gasteiger partial charge in [-0.2, -0.15) is 0 Å². The van der Waals surface area contributed by atoms with Gasteiger partial charge in [-0.25, -0.2) is 0 Å². The molecule has 0 saturated carbocycles. The van der Waals surface area contributed by atoms with E-state index in [0.29, 0.717) is 6.42 Å². The summed E-state index contributed by atoms with van der Waals surface area (Å²) in [5.74, 6) is 4.82. The van der Waals surface area contributed by atoms with Crippen LogP contribution in [0.5, 0.6) is 0 Å². The largest absolute Gasteiger partial charge is 0.372 e. The maximum Gasteiger partial charge on any atom is 0.191 e. The number of ether oxygens (including phenoxy) is 3. The number of hydrogen-bond donors (Lipinski definition) is 1. The van der Waals surface area contributed by atoms with E-state index in [1.165, 1.54) is 0 Å². The summed E-state index contributed by atoms with van der Waals surface area (Å²) in [5, 5.41) is 10.5. The first kappa shape index (κ1) is 11.9. The summed E-state index contributed by atoms with van der Waals surface area (Å²) in [5.41, 5.74) is -1.26. The predicted octanol–water partition coefficient (Wildman–Crippen LogP) is 1.03. The molecule has 2 heterocycles. The predicted molar refractivity (Wildman–Crippen MR) is 57.4 cm³/mol. The second kappa shape index (κ2) is 3.71. The minimum atomic E-state index is -1.26. The zero-order valence-electron chi connectivity index (χ0n) is 10.1. The lowest BCUT2D eigenvalue weighted by atomic mass is 9.91. The maximum atomic E-state index is 10.5. The van der Waals surface area contributed by atoms with E-state index >= 15 is 0 Å². The molecular weight excluding hydrogens is 208 g/mol. The molecule has 2 saturated heterocycles. The smallest absolute Gasteiger partial charge is 0.191 e. The van der Waals surface area contributed by atoms with Crippen molar-refractivity contribution in [1.29, 1.82) is 0 Å². The number of hydrogen-bond acceptors (Lipinski definition) is 4. The quantitative estimate of drug-likeness (QED) is 0.678. The third-order valence-electron chi connectivity index (χ3n) is 2.98. The monoisotopic (exact) mass is 226 g/mol. The Morgan fingerprint density at radius 3 is 2.56 bits per heavy atom. The Bertz CT molecular complexity index is 341. The van der Waals surface area contributed by atoms with Crippen molar-refractivity contribution in [3.8, 4) is 11.8 Å². The Hall–Kier alpha value is -0.600. The molecule has 4 atom stereocenters. The first-order valence-electron chi connectivity index (χ1n) is 5.60. The normalized spacial score (nSPS) is 44.9. The third kappa shape index (κ3) is 1.64. The molecule has 4 heteroatoms. The summed E-state index contributed by atoms with van der Waals surface area (Å²) in [4.78, 5) is 0. The van der Waals surface area contributed by atoms with E-state index in [1.54, 1.807) is 20.8 Å². The van der Waals surface area contributed by atoms with Crippen molar-refractivity contribution >= 4 is 0 Å². The summed E-state index contributed by atoms with van der Waals surface area (Å²) in [6, 6.07) is 0. The molecule has 0 aromatic carbocycles. The second-order valence-electron chi connectivity index (χ2n) is 4.66. The molecule has 1 N–H and O–H groups in total. The van der Waals surface area contributed by atoms with E-state index in [0.717, 1.165) is 0 Å². The first-order valence-corrected chi connectivity index (χ1v) is 5.60. The molecule has 0 unspecified atom stereocenters. The molecule has 0 aromatic heterocycles. The van der Waals surface area contributed by atoms with Crippen LogP contribution >= 0.6 is 0 Å². The van der Waals surface area contributed by atoms with E-state index in [-0.39, 0.29) is 6.10 Å². The molecule has 0 aromatic rings. The number of aliphatic hydroxyl groups is 1. The third-order valence-corrected chi connectivity index (χ3v) is 2.98. The average molecular weight is 226 g/mol. The van der Waals surface area contributed by atoms with Crippen LogP contribution in [0.4, 0.5) is 0 Å². The first-order chi connectivity index (χ1) is 7.43. The van der Waals surface area contributed by atoms with Crippen molar-refractivity contribution in [2.24, 2.45) is 0 Å². The Balaban J connectivity index is 2.29. The molecule has 16 heavy (non-hydrogen) atoms. The van der Waals surface area contributed by atoms with E-state index in [9.17, 15) is 5.11 Å². The van der Waals surface area contributed by atoms with Gasteiger partial charge in [0.15, 0.2) is 23.8 Å². The van der Waals surface area contributed by atoms with E-state index in [2.05, 4.69) is 11.8 Å². The Morgan fingerprint density at radius 2 is 2.00 bits per heavy atom. The van der Waals surface area contributed by atoms with Gasteiger partial charge in [0.2, 0.25) is 0 Å². The zero-order valence-corrected chi connectivity index (χ0v) is 10.1. The molecular formula is C12H18O4. The second-order valence-corrected chi connectivity index (χ2v) is 4.66. The Labute approximate surface area is 95.9 Å². The molecule has 0 bridgehead atoms. The van der Waals surface area contributed by atoms with Gasteiger partial charge in [-0.3, -0.25) is 0 Å². The molecule has 0 radical (unpaired) electrons. The van der Waals surface area contributed by atoms with Crippen LogP contribution in [0.2, 0.25) is 0 Å². The van der Waals surface area contributed by atoms with E-state index in [4.69, 9.17) is 14.2 Å². The molecule has 0 spiro atoms. The van der Waals surface area contributed by atoms with Crippen LogP contribution in [0, 0.1) is 11.8 Å². The maximum absolute atomic E-state index is 10.5. The van der Waals surface area contributed by atoms with Crippen LogP contribution in [0.1, 0.15) is 34.1 Å². The summed E-state index contributed by atoms with van der Waals surface area (Å²) < 4.78 is 16.9. The van der Waals surface area contributed by atoms with E-state index in [1.807, 2.05) is 6.92 Å². The van der Waals surface area contributed by atoms with Crippen LogP contribution in [0.15, 0.2) is 0 Å². The lowest BCUT2D eigenvalue weighted by Gasteiger charge is -2.28. The van der Waals surface area contributed by atoms with Crippen LogP contribution < -0.4 is 0 Å². The van der Waals surface area contributed by atoms with Crippen molar-refractivity contribution in [3.05, 3.63) is 0 Å². The SMILES string of the molecule is CC#C[C@@]1(O)[C@@H](CC)O[C@@H]2OC(C)(C)O[C@@H]21. The van der Waals surface area contributed by atoms with Gasteiger partial charge in [-0.05, 0) is 27.2 Å². The Morgan fingerprint density at radius 1 is 1.31 bits per heavy atom. The highest BCUT2D eigenvalue weighted by Crippen LogP contribution is 2.43. The molecule has 2 rings (SSSR count). The molecule has 90 valence electrons. The fourth-order valence-corrected chi connectivity index (χ4v) is 2.34. The minimum absolute atomic E-state index is 0.356. The highest BCUT2D eigenvalue weighted by molar-refractivity contribution is 5.23. The van der Waals surface area contributed by atoms with Gasteiger partial charge in [-0.1, -0.05) is 12.8 Å². The van der Waals surface area contributed by atoms with Gasteiger partial charge < -0.3 is 19.3 Å².